The summed E-state index contributed by atoms with van der Waals surface area (Å²) in [4.78, 5) is 0. The summed E-state index contributed by atoms with van der Waals surface area (Å²) in [5.74, 6) is 0. The van der Waals surface area contributed by atoms with Gasteiger partial charge in [0.2, 0.25) is 0 Å². The van der Waals surface area contributed by atoms with Crippen molar-refractivity contribution in [1.29, 1.82) is 0 Å². The molecule has 0 spiro atoms. The normalized spacial score (nSPS) is 13.6. The zero-order valence-electron chi connectivity index (χ0n) is 6.59. The van der Waals surface area contributed by atoms with Crippen LogP contribution in [0, 0.1) is 0 Å². The Hall–Kier alpha value is -0.0900. The highest BCUT2D eigenvalue weighted by Crippen LogP contribution is 2.23. The first kappa shape index (κ1) is 9.91. The molecule has 0 fully saturated rings. The Labute approximate surface area is 62.2 Å². The van der Waals surface area contributed by atoms with Gasteiger partial charge in [0.05, 0.1) is 4.75 Å². The third kappa shape index (κ3) is 1.70. The number of rotatable bonds is 3. The highest BCUT2D eigenvalue weighted by Gasteiger charge is 2.33. The fourth-order valence-electron chi connectivity index (χ4n) is 0.615. The molecule has 4 heteroatoms. The quantitative estimate of drug-likeness (QED) is 0.646. The molecule has 3 nitrogen and oxygen atoms in total. The van der Waals surface area contributed by atoms with Gasteiger partial charge in [-0.2, -0.15) is 8.42 Å². The van der Waals surface area contributed by atoms with E-state index in [0.717, 1.165) is 0 Å². The molecule has 0 saturated carbocycles. The van der Waals surface area contributed by atoms with E-state index in [0.29, 0.717) is 12.8 Å². The van der Waals surface area contributed by atoms with E-state index in [-0.39, 0.29) is 0 Å². The lowest BCUT2D eigenvalue weighted by Crippen LogP contribution is -2.33. The summed E-state index contributed by atoms with van der Waals surface area (Å²) in [6.07, 6.45) is 0.894. The molecule has 0 aromatic carbocycles. The van der Waals surface area contributed by atoms with Gasteiger partial charge in [-0.3, -0.25) is 4.55 Å². The van der Waals surface area contributed by atoms with Crippen molar-refractivity contribution in [2.45, 2.75) is 38.4 Å². The van der Waals surface area contributed by atoms with Crippen molar-refractivity contribution >= 4 is 10.1 Å². The largest absolute Gasteiger partial charge is 0.285 e. The molecular weight excluding hydrogens is 152 g/mol. The average Bonchev–Trinajstić information content (AvgIpc) is 1.84. The molecule has 0 aromatic rings. The van der Waals surface area contributed by atoms with Crippen molar-refractivity contribution < 1.29 is 13.0 Å². The Kier molecular flexibility index (Phi) is 2.86. The van der Waals surface area contributed by atoms with Gasteiger partial charge in [0.25, 0.3) is 10.1 Å². The van der Waals surface area contributed by atoms with E-state index in [1.54, 1.807) is 20.8 Å². The fourth-order valence-corrected chi connectivity index (χ4v) is 1.34. The smallest absolute Gasteiger partial charge is 0.270 e. The zero-order valence-corrected chi connectivity index (χ0v) is 7.40. The van der Waals surface area contributed by atoms with E-state index in [1.807, 2.05) is 0 Å². The standard InChI is InChI=1S/C6H14O3S/c1-4-6(3,5-2)10(7,8)9/h4-5H2,1-3H3,(H,7,8,9). The summed E-state index contributed by atoms with van der Waals surface area (Å²) >= 11 is 0. The highest BCUT2D eigenvalue weighted by atomic mass is 32.2. The predicted octanol–water partition coefficient (Wildman–Crippen LogP) is 1.45. The van der Waals surface area contributed by atoms with E-state index < -0.39 is 14.9 Å². The maximum Gasteiger partial charge on any atom is 0.270 e. The third-order valence-corrected chi connectivity index (χ3v) is 3.94. The maximum absolute atomic E-state index is 10.7. The van der Waals surface area contributed by atoms with E-state index in [9.17, 15) is 8.42 Å². The van der Waals surface area contributed by atoms with Gasteiger partial charge in [-0.05, 0) is 19.8 Å². The molecule has 0 atom stereocenters. The first-order valence-corrected chi connectivity index (χ1v) is 4.78. The minimum absolute atomic E-state index is 0.447. The topological polar surface area (TPSA) is 54.4 Å². The van der Waals surface area contributed by atoms with Crippen molar-refractivity contribution in [3.8, 4) is 0 Å². The van der Waals surface area contributed by atoms with Crippen LogP contribution in [0.4, 0.5) is 0 Å². The molecule has 62 valence electrons. The average molecular weight is 166 g/mol. The molecule has 0 aromatic heterocycles. The number of hydrogen-bond donors (Lipinski definition) is 1. The van der Waals surface area contributed by atoms with Gasteiger partial charge < -0.3 is 0 Å². The number of hydrogen-bond acceptors (Lipinski definition) is 2. The van der Waals surface area contributed by atoms with Crippen molar-refractivity contribution in [2.24, 2.45) is 0 Å². The molecule has 0 bridgehead atoms. The molecule has 0 radical (unpaired) electrons. The Balaban J connectivity index is 4.68. The predicted molar refractivity (Wildman–Crippen MR) is 40.5 cm³/mol. The van der Waals surface area contributed by atoms with Crippen LogP contribution in [0.25, 0.3) is 0 Å². The molecule has 0 heterocycles. The van der Waals surface area contributed by atoms with E-state index in [4.69, 9.17) is 4.55 Å². The van der Waals surface area contributed by atoms with Crippen molar-refractivity contribution in [1.82, 2.24) is 0 Å². The van der Waals surface area contributed by atoms with Crippen molar-refractivity contribution in [2.75, 3.05) is 0 Å². The van der Waals surface area contributed by atoms with Gasteiger partial charge in [0.15, 0.2) is 0 Å². The van der Waals surface area contributed by atoms with Crippen LogP contribution in [0.1, 0.15) is 33.6 Å². The summed E-state index contributed by atoms with van der Waals surface area (Å²) in [5, 5.41) is 0. The van der Waals surface area contributed by atoms with Crippen LogP contribution in [-0.2, 0) is 10.1 Å². The van der Waals surface area contributed by atoms with Crippen LogP contribution in [0.5, 0.6) is 0 Å². The molecule has 0 amide bonds. The molecule has 0 aliphatic rings. The maximum atomic E-state index is 10.7. The summed E-state index contributed by atoms with van der Waals surface area (Å²) in [7, 11) is -3.86. The van der Waals surface area contributed by atoms with Gasteiger partial charge in [0.1, 0.15) is 0 Å². The Morgan fingerprint density at radius 2 is 1.60 bits per heavy atom. The van der Waals surface area contributed by atoms with Crippen LogP contribution in [0.3, 0.4) is 0 Å². The fraction of sp³-hybridized carbons (Fsp3) is 1.00. The molecule has 0 saturated heterocycles. The summed E-state index contributed by atoms with van der Waals surface area (Å²) in [5.41, 5.74) is 0. The molecule has 1 N–H and O–H groups in total. The van der Waals surface area contributed by atoms with Crippen LogP contribution in [0.2, 0.25) is 0 Å². The molecule has 10 heavy (non-hydrogen) atoms. The Morgan fingerprint density at radius 1 is 1.30 bits per heavy atom. The van der Waals surface area contributed by atoms with Gasteiger partial charge in [-0.1, -0.05) is 13.8 Å². The SMILES string of the molecule is CCC(C)(CC)S(=O)(=O)O. The first-order chi connectivity index (χ1) is 4.37. The van der Waals surface area contributed by atoms with Gasteiger partial charge in [0, 0.05) is 0 Å². The monoisotopic (exact) mass is 166 g/mol. The lowest BCUT2D eigenvalue weighted by molar-refractivity contribution is 0.420. The summed E-state index contributed by atoms with van der Waals surface area (Å²) < 4.78 is 29.1. The van der Waals surface area contributed by atoms with E-state index >= 15 is 0 Å². The van der Waals surface area contributed by atoms with Crippen LogP contribution in [0.15, 0.2) is 0 Å². The van der Waals surface area contributed by atoms with Gasteiger partial charge in [-0.25, -0.2) is 0 Å². The van der Waals surface area contributed by atoms with Crippen LogP contribution >= 0.6 is 0 Å². The second-order valence-electron chi connectivity index (χ2n) is 2.63. The first-order valence-electron chi connectivity index (χ1n) is 3.34. The minimum Gasteiger partial charge on any atom is -0.285 e. The molecule has 0 unspecified atom stereocenters. The lowest BCUT2D eigenvalue weighted by atomic mass is 10.1. The summed E-state index contributed by atoms with van der Waals surface area (Å²) in [6, 6.07) is 0. The second kappa shape index (κ2) is 2.88. The zero-order chi connectivity index (χ0) is 8.41. The summed E-state index contributed by atoms with van der Waals surface area (Å²) in [6.45, 7) is 5.04. The van der Waals surface area contributed by atoms with Crippen molar-refractivity contribution in [3.05, 3.63) is 0 Å². The lowest BCUT2D eigenvalue weighted by Gasteiger charge is -2.21. The highest BCUT2D eigenvalue weighted by molar-refractivity contribution is 7.87. The Bertz CT molecular complexity index is 189. The molecular formula is C6H14O3S. The van der Waals surface area contributed by atoms with Crippen LogP contribution < -0.4 is 0 Å². The van der Waals surface area contributed by atoms with Gasteiger partial charge >= 0.3 is 0 Å². The molecule has 0 rings (SSSR count). The minimum atomic E-state index is -3.86. The Morgan fingerprint density at radius 3 is 1.60 bits per heavy atom. The van der Waals surface area contributed by atoms with Crippen LogP contribution in [-0.4, -0.2) is 17.7 Å². The molecule has 0 aliphatic carbocycles. The second-order valence-corrected chi connectivity index (χ2v) is 4.57. The molecule has 0 aliphatic heterocycles. The third-order valence-electron chi connectivity index (χ3n) is 2.12. The van der Waals surface area contributed by atoms with Gasteiger partial charge in [-0.15, -0.1) is 0 Å². The van der Waals surface area contributed by atoms with E-state index in [2.05, 4.69) is 0 Å². The van der Waals surface area contributed by atoms with Crippen molar-refractivity contribution in [3.63, 3.8) is 0 Å². The van der Waals surface area contributed by atoms with E-state index in [1.165, 1.54) is 0 Å².